The molecule has 0 aromatic heterocycles. The number of amides is 1. The maximum atomic E-state index is 11.6. The minimum atomic E-state index is -0.123. The molecule has 2 fully saturated rings. The van der Waals surface area contributed by atoms with Gasteiger partial charge in [0.05, 0.1) is 5.71 Å². The molecule has 3 aliphatic heterocycles. The smallest absolute Gasteiger partial charge is 0.225 e. The molecule has 1 unspecified atom stereocenters. The van der Waals surface area contributed by atoms with Crippen molar-refractivity contribution >= 4 is 11.6 Å². The molecule has 2 saturated heterocycles. The van der Waals surface area contributed by atoms with E-state index in [9.17, 15) is 4.79 Å². The van der Waals surface area contributed by atoms with Gasteiger partial charge < -0.3 is 9.74 Å². The van der Waals surface area contributed by atoms with E-state index in [4.69, 9.17) is 4.84 Å². The number of oxime groups is 1. The first kappa shape index (κ1) is 11.0. The normalized spacial score (nSPS) is 29.9. The average Bonchev–Trinajstić information content (AvgIpc) is 3.00. The van der Waals surface area contributed by atoms with Gasteiger partial charge in [-0.15, -0.1) is 0 Å². The lowest BCUT2D eigenvalue weighted by molar-refractivity contribution is -0.138. The van der Waals surface area contributed by atoms with Crippen LogP contribution in [-0.2, 0) is 9.63 Å². The summed E-state index contributed by atoms with van der Waals surface area (Å²) >= 11 is 0. The molecule has 0 bridgehead atoms. The Hall–Kier alpha value is -1.10. The summed E-state index contributed by atoms with van der Waals surface area (Å²) < 4.78 is 0. The zero-order valence-corrected chi connectivity index (χ0v) is 10.1. The van der Waals surface area contributed by atoms with Gasteiger partial charge in [-0.1, -0.05) is 5.16 Å². The molecule has 0 aromatic rings. The molecule has 0 radical (unpaired) electrons. The molecule has 3 rings (SSSR count). The van der Waals surface area contributed by atoms with Crippen molar-refractivity contribution in [2.75, 3.05) is 26.2 Å². The van der Waals surface area contributed by atoms with E-state index in [0.717, 1.165) is 31.6 Å². The van der Waals surface area contributed by atoms with Crippen LogP contribution in [-0.4, -0.2) is 53.8 Å². The fraction of sp³-hybridized carbons (Fsp3) is 0.833. The second kappa shape index (κ2) is 4.64. The van der Waals surface area contributed by atoms with Crippen LogP contribution < -0.4 is 0 Å². The molecule has 0 aliphatic carbocycles. The molecular formula is C12H19N3O2. The Morgan fingerprint density at radius 3 is 2.76 bits per heavy atom. The van der Waals surface area contributed by atoms with Crippen LogP contribution in [0.2, 0.25) is 0 Å². The monoisotopic (exact) mass is 237 g/mol. The second-order valence-corrected chi connectivity index (χ2v) is 5.10. The fourth-order valence-electron chi connectivity index (χ4n) is 2.84. The Morgan fingerprint density at radius 1 is 1.24 bits per heavy atom. The summed E-state index contributed by atoms with van der Waals surface area (Å²) in [6, 6.07) is 0. The first-order valence-electron chi connectivity index (χ1n) is 6.56. The van der Waals surface area contributed by atoms with Gasteiger partial charge in [0.2, 0.25) is 12.1 Å². The molecule has 1 amide bonds. The zero-order chi connectivity index (χ0) is 11.7. The third kappa shape index (κ3) is 2.29. The van der Waals surface area contributed by atoms with Gasteiger partial charge in [0.25, 0.3) is 0 Å². The number of rotatable bonds is 3. The zero-order valence-electron chi connectivity index (χ0n) is 10.1. The highest BCUT2D eigenvalue weighted by molar-refractivity contribution is 5.88. The molecule has 1 atom stereocenters. The molecule has 5 heteroatoms. The van der Waals surface area contributed by atoms with Gasteiger partial charge in [-0.2, -0.15) is 0 Å². The molecule has 94 valence electrons. The van der Waals surface area contributed by atoms with Crippen LogP contribution in [0.4, 0.5) is 0 Å². The maximum absolute atomic E-state index is 11.6. The van der Waals surface area contributed by atoms with Crippen molar-refractivity contribution in [1.29, 1.82) is 0 Å². The van der Waals surface area contributed by atoms with Crippen LogP contribution in [0.25, 0.3) is 0 Å². The van der Waals surface area contributed by atoms with Crippen LogP contribution in [0.15, 0.2) is 5.16 Å². The molecule has 17 heavy (non-hydrogen) atoms. The maximum Gasteiger partial charge on any atom is 0.225 e. The lowest BCUT2D eigenvalue weighted by Crippen LogP contribution is -2.37. The third-order valence-corrected chi connectivity index (χ3v) is 3.78. The van der Waals surface area contributed by atoms with Crippen molar-refractivity contribution in [2.24, 2.45) is 5.16 Å². The Labute approximate surface area is 101 Å². The number of likely N-dealkylation sites (tertiary alicyclic amines) is 2. The summed E-state index contributed by atoms with van der Waals surface area (Å²) in [6.45, 7) is 4.09. The standard InChI is InChI=1S/C12H19N3O2/c16-11-4-3-7-15(11)12-8-10(13-17-12)9-14-5-1-2-6-14/h12H,1-9H2. The van der Waals surface area contributed by atoms with Gasteiger partial charge in [-0.3, -0.25) is 9.69 Å². The highest BCUT2D eigenvalue weighted by Gasteiger charge is 2.34. The number of hydrogen-bond donors (Lipinski definition) is 0. The van der Waals surface area contributed by atoms with E-state index in [1.807, 2.05) is 4.90 Å². The van der Waals surface area contributed by atoms with E-state index < -0.39 is 0 Å². The fourth-order valence-corrected chi connectivity index (χ4v) is 2.84. The summed E-state index contributed by atoms with van der Waals surface area (Å²) in [4.78, 5) is 21.2. The van der Waals surface area contributed by atoms with Gasteiger partial charge in [0, 0.05) is 25.9 Å². The van der Waals surface area contributed by atoms with E-state index in [-0.39, 0.29) is 12.1 Å². The Balaban J connectivity index is 1.51. The molecule has 5 nitrogen and oxygen atoms in total. The van der Waals surface area contributed by atoms with Crippen molar-refractivity contribution in [3.8, 4) is 0 Å². The van der Waals surface area contributed by atoms with Crippen molar-refractivity contribution < 1.29 is 9.63 Å². The molecule has 0 spiro atoms. The highest BCUT2D eigenvalue weighted by atomic mass is 16.7. The van der Waals surface area contributed by atoms with Crippen LogP contribution in [0.1, 0.15) is 32.1 Å². The van der Waals surface area contributed by atoms with E-state index in [2.05, 4.69) is 10.1 Å². The third-order valence-electron chi connectivity index (χ3n) is 3.78. The topological polar surface area (TPSA) is 45.1 Å². The van der Waals surface area contributed by atoms with Crippen LogP contribution in [0.5, 0.6) is 0 Å². The molecular weight excluding hydrogens is 218 g/mol. The van der Waals surface area contributed by atoms with Gasteiger partial charge in [0.1, 0.15) is 0 Å². The second-order valence-electron chi connectivity index (χ2n) is 5.10. The van der Waals surface area contributed by atoms with Gasteiger partial charge in [-0.25, -0.2) is 0 Å². The Kier molecular flexibility index (Phi) is 3.01. The average molecular weight is 237 g/mol. The van der Waals surface area contributed by atoms with Gasteiger partial charge in [0.15, 0.2) is 0 Å². The number of carbonyl (C=O) groups is 1. The predicted octanol–water partition coefficient (Wildman–Crippen LogP) is 0.807. The summed E-state index contributed by atoms with van der Waals surface area (Å²) in [5.74, 6) is 0.215. The van der Waals surface area contributed by atoms with Crippen LogP contribution >= 0.6 is 0 Å². The minimum Gasteiger partial charge on any atom is -0.370 e. The Bertz CT molecular complexity index is 337. The first-order valence-corrected chi connectivity index (χ1v) is 6.56. The summed E-state index contributed by atoms with van der Waals surface area (Å²) in [6.07, 6.45) is 4.89. The molecule has 0 saturated carbocycles. The number of hydrogen-bond acceptors (Lipinski definition) is 4. The lowest BCUT2D eigenvalue weighted by atomic mass is 10.2. The van der Waals surface area contributed by atoms with E-state index in [1.54, 1.807) is 0 Å². The van der Waals surface area contributed by atoms with Gasteiger partial charge >= 0.3 is 0 Å². The van der Waals surface area contributed by atoms with Crippen molar-refractivity contribution in [2.45, 2.75) is 38.3 Å². The first-order chi connectivity index (χ1) is 8.33. The van der Waals surface area contributed by atoms with Crippen LogP contribution in [0, 0.1) is 0 Å². The Morgan fingerprint density at radius 2 is 2.06 bits per heavy atom. The summed E-state index contributed by atoms with van der Waals surface area (Å²) in [5.41, 5.74) is 1.09. The SMILES string of the molecule is O=C1CCCN1C1CC(CN2CCCC2)=NO1. The largest absolute Gasteiger partial charge is 0.370 e. The van der Waals surface area contributed by atoms with E-state index >= 15 is 0 Å². The van der Waals surface area contributed by atoms with Crippen molar-refractivity contribution in [3.63, 3.8) is 0 Å². The van der Waals surface area contributed by atoms with E-state index in [1.165, 1.54) is 25.9 Å². The predicted molar refractivity (Wildman–Crippen MR) is 63.5 cm³/mol. The van der Waals surface area contributed by atoms with Crippen LogP contribution in [0.3, 0.4) is 0 Å². The molecule has 3 heterocycles. The van der Waals surface area contributed by atoms with Crippen molar-refractivity contribution in [1.82, 2.24) is 9.80 Å². The molecule has 3 aliphatic rings. The minimum absolute atomic E-state index is 0.123. The molecule has 0 aromatic carbocycles. The molecule has 0 N–H and O–H groups in total. The van der Waals surface area contributed by atoms with Crippen molar-refractivity contribution in [3.05, 3.63) is 0 Å². The summed E-state index contributed by atoms with van der Waals surface area (Å²) in [5, 5.41) is 4.14. The summed E-state index contributed by atoms with van der Waals surface area (Å²) in [7, 11) is 0. The van der Waals surface area contributed by atoms with Gasteiger partial charge in [-0.05, 0) is 32.4 Å². The quantitative estimate of drug-likeness (QED) is 0.729. The number of carbonyl (C=O) groups excluding carboxylic acids is 1. The van der Waals surface area contributed by atoms with E-state index in [0.29, 0.717) is 6.42 Å². The number of nitrogens with zero attached hydrogens (tertiary/aromatic N) is 3. The lowest BCUT2D eigenvalue weighted by Gasteiger charge is -2.21. The highest BCUT2D eigenvalue weighted by Crippen LogP contribution is 2.22.